The molecule has 136 valence electrons. The van der Waals surface area contributed by atoms with Crippen LogP contribution < -0.4 is 15.6 Å². The lowest BCUT2D eigenvalue weighted by atomic mass is 9.49. The molecule has 1 N–H and O–H groups in total. The van der Waals surface area contributed by atoms with Crippen molar-refractivity contribution in [3.63, 3.8) is 0 Å². The fourth-order valence-electron chi connectivity index (χ4n) is 5.96. The molecule has 0 aromatic carbocycles. The Morgan fingerprint density at radius 3 is 2.32 bits per heavy atom. The van der Waals surface area contributed by atoms with E-state index in [1.807, 2.05) is 13.0 Å². The molecule has 4 aliphatic rings. The fraction of sp³-hybridized carbons (Fsp3) is 0.700. The Labute approximate surface area is 148 Å². The Kier molecular flexibility index (Phi) is 4.13. The van der Waals surface area contributed by atoms with Gasteiger partial charge in [-0.25, -0.2) is 0 Å². The Morgan fingerprint density at radius 2 is 1.80 bits per heavy atom. The lowest BCUT2D eigenvalue weighted by molar-refractivity contribution is -0.146. The highest BCUT2D eigenvalue weighted by Crippen LogP contribution is 2.60. The Balaban J connectivity index is 1.39. The van der Waals surface area contributed by atoms with Crippen molar-refractivity contribution in [1.29, 1.82) is 0 Å². The van der Waals surface area contributed by atoms with Crippen LogP contribution in [-0.4, -0.2) is 24.1 Å². The number of hydrogen-bond acceptors (Lipinski definition) is 3. The van der Waals surface area contributed by atoms with Gasteiger partial charge in [0.25, 0.3) is 5.56 Å². The van der Waals surface area contributed by atoms with E-state index in [1.54, 1.807) is 11.7 Å². The van der Waals surface area contributed by atoms with Crippen LogP contribution >= 0.6 is 0 Å². The molecule has 0 atom stereocenters. The van der Waals surface area contributed by atoms with Gasteiger partial charge >= 0.3 is 0 Å². The van der Waals surface area contributed by atoms with Gasteiger partial charge in [-0.1, -0.05) is 0 Å². The minimum Gasteiger partial charge on any atom is -0.496 e. The lowest BCUT2D eigenvalue weighted by Crippen LogP contribution is -2.54. The van der Waals surface area contributed by atoms with Crippen LogP contribution in [0.5, 0.6) is 5.75 Å². The van der Waals surface area contributed by atoms with E-state index < -0.39 is 0 Å². The first-order valence-corrected chi connectivity index (χ1v) is 9.53. The number of methoxy groups -OCH3 is 1. The van der Waals surface area contributed by atoms with Gasteiger partial charge in [0, 0.05) is 30.3 Å². The molecular formula is C20H28N2O3. The van der Waals surface area contributed by atoms with Crippen molar-refractivity contribution in [2.45, 2.75) is 52.0 Å². The van der Waals surface area contributed by atoms with E-state index in [1.165, 1.54) is 25.3 Å². The molecule has 0 unspecified atom stereocenters. The van der Waals surface area contributed by atoms with E-state index in [0.717, 1.165) is 42.7 Å². The van der Waals surface area contributed by atoms with Crippen LogP contribution in [-0.2, 0) is 11.3 Å². The molecule has 4 aliphatic carbocycles. The second-order valence-corrected chi connectivity index (χ2v) is 8.48. The van der Waals surface area contributed by atoms with Crippen LogP contribution in [0.3, 0.4) is 0 Å². The lowest BCUT2D eigenvalue weighted by Gasteiger charge is -2.55. The topological polar surface area (TPSA) is 60.3 Å². The van der Waals surface area contributed by atoms with E-state index in [2.05, 4.69) is 5.32 Å². The minimum atomic E-state index is -0.116. The van der Waals surface area contributed by atoms with E-state index in [0.29, 0.717) is 18.8 Å². The van der Waals surface area contributed by atoms with E-state index in [9.17, 15) is 9.59 Å². The van der Waals surface area contributed by atoms with Crippen molar-refractivity contribution < 1.29 is 9.53 Å². The van der Waals surface area contributed by atoms with Crippen LogP contribution in [0.1, 0.15) is 44.2 Å². The van der Waals surface area contributed by atoms with Crippen molar-refractivity contribution in [3.05, 3.63) is 28.2 Å². The van der Waals surface area contributed by atoms with Gasteiger partial charge in [0.1, 0.15) is 5.75 Å². The largest absolute Gasteiger partial charge is 0.496 e. The van der Waals surface area contributed by atoms with Crippen LogP contribution in [0, 0.1) is 30.1 Å². The molecule has 0 spiro atoms. The first-order chi connectivity index (χ1) is 12.0. The van der Waals surface area contributed by atoms with Crippen molar-refractivity contribution >= 4 is 5.91 Å². The number of aryl methyl sites for hydroxylation is 1. The van der Waals surface area contributed by atoms with Gasteiger partial charge in [-0.3, -0.25) is 9.59 Å². The smallest absolute Gasteiger partial charge is 0.254 e. The van der Waals surface area contributed by atoms with E-state index >= 15 is 0 Å². The summed E-state index contributed by atoms with van der Waals surface area (Å²) < 4.78 is 6.83. The number of carbonyl (C=O) groups excluding carboxylic acids is 1. The number of rotatable bonds is 5. The molecule has 4 fully saturated rings. The van der Waals surface area contributed by atoms with Crippen LogP contribution in [0.25, 0.3) is 0 Å². The molecule has 1 amide bonds. The van der Waals surface area contributed by atoms with Crippen molar-refractivity contribution in [2.24, 2.45) is 23.2 Å². The molecule has 4 saturated carbocycles. The summed E-state index contributed by atoms with van der Waals surface area (Å²) in [5, 5.41) is 3.14. The SMILES string of the molecule is COc1cc(C)n(CCNC(=O)C23CC4CC(CC(C4)C2)C3)c(=O)c1. The average Bonchev–Trinajstić information content (AvgIpc) is 2.55. The highest BCUT2D eigenvalue weighted by Gasteiger charge is 2.54. The maximum absolute atomic E-state index is 12.9. The maximum atomic E-state index is 12.9. The molecule has 25 heavy (non-hydrogen) atoms. The van der Waals surface area contributed by atoms with Crippen molar-refractivity contribution in [3.8, 4) is 5.75 Å². The first kappa shape index (κ1) is 16.7. The van der Waals surface area contributed by atoms with E-state index in [-0.39, 0.29) is 16.9 Å². The predicted octanol–water partition coefficient (Wildman–Crippen LogP) is 2.50. The average molecular weight is 344 g/mol. The molecule has 1 aromatic heterocycles. The number of amides is 1. The number of carbonyl (C=O) groups is 1. The summed E-state index contributed by atoms with van der Waals surface area (Å²) in [6.45, 7) is 2.91. The van der Waals surface area contributed by atoms with Gasteiger partial charge in [-0.05, 0) is 69.3 Å². The molecule has 5 rings (SSSR count). The number of nitrogens with one attached hydrogen (secondary N) is 1. The van der Waals surface area contributed by atoms with Crippen molar-refractivity contribution in [2.75, 3.05) is 13.7 Å². The van der Waals surface area contributed by atoms with Crippen LogP contribution in [0.15, 0.2) is 16.9 Å². The molecule has 1 heterocycles. The van der Waals surface area contributed by atoms with Gasteiger partial charge in [0.15, 0.2) is 0 Å². The number of nitrogens with zero attached hydrogens (tertiary/aromatic N) is 1. The summed E-state index contributed by atoms with van der Waals surface area (Å²) in [4.78, 5) is 25.1. The Hall–Kier alpha value is -1.78. The number of aromatic nitrogens is 1. The van der Waals surface area contributed by atoms with Gasteiger partial charge in [0.2, 0.25) is 5.91 Å². The maximum Gasteiger partial charge on any atom is 0.254 e. The molecule has 5 nitrogen and oxygen atoms in total. The standard InChI is InChI=1S/C20H28N2O3/c1-13-5-17(25-2)9-18(23)22(13)4-3-21-19(24)20-10-14-6-15(11-20)8-16(7-14)12-20/h5,9,14-16H,3-4,6-8,10-12H2,1-2H3,(H,21,24). The summed E-state index contributed by atoms with van der Waals surface area (Å²) in [6, 6.07) is 3.34. The number of hydrogen-bond donors (Lipinski definition) is 1. The quantitative estimate of drug-likeness (QED) is 0.893. The van der Waals surface area contributed by atoms with Gasteiger partial charge in [-0.2, -0.15) is 0 Å². The van der Waals surface area contributed by atoms with Crippen molar-refractivity contribution in [1.82, 2.24) is 9.88 Å². The molecule has 0 saturated heterocycles. The summed E-state index contributed by atoms with van der Waals surface area (Å²) in [5.41, 5.74) is 0.656. The second kappa shape index (κ2) is 6.19. The van der Waals surface area contributed by atoms with Gasteiger partial charge in [-0.15, -0.1) is 0 Å². The third kappa shape index (κ3) is 2.98. The van der Waals surface area contributed by atoms with Gasteiger partial charge in [0.05, 0.1) is 7.11 Å². The normalized spacial score (nSPS) is 32.6. The summed E-state index contributed by atoms with van der Waals surface area (Å²) in [5.74, 6) is 3.11. The molecule has 1 aromatic rings. The zero-order valence-corrected chi connectivity index (χ0v) is 15.2. The summed E-state index contributed by atoms with van der Waals surface area (Å²) in [6.07, 6.45) is 7.25. The first-order valence-electron chi connectivity index (χ1n) is 9.53. The minimum absolute atomic E-state index is 0.0825. The highest BCUT2D eigenvalue weighted by atomic mass is 16.5. The zero-order chi connectivity index (χ0) is 17.6. The number of ether oxygens (including phenoxy) is 1. The fourth-order valence-corrected chi connectivity index (χ4v) is 5.96. The van der Waals surface area contributed by atoms with Gasteiger partial charge < -0.3 is 14.6 Å². The molecule has 0 radical (unpaired) electrons. The molecular weight excluding hydrogens is 316 g/mol. The van der Waals surface area contributed by atoms with Crippen LogP contribution in [0.4, 0.5) is 0 Å². The Morgan fingerprint density at radius 1 is 1.20 bits per heavy atom. The predicted molar refractivity (Wildman–Crippen MR) is 95.6 cm³/mol. The summed E-state index contributed by atoms with van der Waals surface area (Å²) >= 11 is 0. The monoisotopic (exact) mass is 344 g/mol. The highest BCUT2D eigenvalue weighted by molar-refractivity contribution is 5.83. The molecule has 0 aliphatic heterocycles. The van der Waals surface area contributed by atoms with E-state index in [4.69, 9.17) is 4.74 Å². The summed E-state index contributed by atoms with van der Waals surface area (Å²) in [7, 11) is 1.56. The zero-order valence-electron chi connectivity index (χ0n) is 15.2. The number of pyridine rings is 1. The van der Waals surface area contributed by atoms with Crippen LogP contribution in [0.2, 0.25) is 0 Å². The second-order valence-electron chi connectivity index (χ2n) is 8.48. The third-order valence-electron chi connectivity index (χ3n) is 6.69. The Bertz CT molecular complexity index is 702. The molecule has 5 heteroatoms. The third-order valence-corrected chi connectivity index (χ3v) is 6.69. The molecule has 4 bridgehead atoms.